The van der Waals surface area contributed by atoms with Gasteiger partial charge in [0.1, 0.15) is 22.9 Å². The number of halogens is 3. The number of aryl methyl sites for hydroxylation is 1. The van der Waals surface area contributed by atoms with Crippen molar-refractivity contribution in [2.24, 2.45) is 5.92 Å². The molecule has 0 radical (unpaired) electrons. The average molecular weight is 553 g/mol. The van der Waals surface area contributed by atoms with Crippen LogP contribution in [0, 0.1) is 30.3 Å². The zero-order valence-corrected chi connectivity index (χ0v) is 22.6. The summed E-state index contributed by atoms with van der Waals surface area (Å²) in [5.41, 5.74) is -0.595. The molecule has 8 nitrogen and oxygen atoms in total. The molecule has 3 aliphatic rings. The summed E-state index contributed by atoms with van der Waals surface area (Å²) in [5.74, 6) is -2.36. The van der Waals surface area contributed by atoms with Crippen molar-refractivity contribution in [2.45, 2.75) is 76.7 Å². The standard InChI is InChI=1S/C29H31F3N6O2/c1-15-11-35-26(21-8-9-33-28(36-21)29(3,40)17-4-5-17)25(32)24(15)27(39)37-13-19-6-7-23(16(37)2)38(19)14-22-20(31)10-18(30)12-34-22/h8-12,16-17,19,23,40H,4-7,13-14H2,1-3H3/t16-,19+,23-,29?/m0/s1. The first-order chi connectivity index (χ1) is 19.1. The van der Waals surface area contributed by atoms with Crippen LogP contribution in [0.2, 0.25) is 0 Å². The van der Waals surface area contributed by atoms with Crippen LogP contribution in [0.25, 0.3) is 11.4 Å². The fraction of sp³-hybridized carbons (Fsp3) is 0.483. The molecule has 2 saturated heterocycles. The Bertz CT molecular complexity index is 1480. The first kappa shape index (κ1) is 26.8. The lowest BCUT2D eigenvalue weighted by Crippen LogP contribution is -2.60. The third-order valence-corrected chi connectivity index (χ3v) is 8.77. The van der Waals surface area contributed by atoms with Crippen LogP contribution >= 0.6 is 0 Å². The van der Waals surface area contributed by atoms with Gasteiger partial charge < -0.3 is 10.0 Å². The summed E-state index contributed by atoms with van der Waals surface area (Å²) in [6.07, 6.45) is 7.28. The average Bonchev–Trinajstić information content (AvgIpc) is 3.73. The molecule has 1 amide bonds. The van der Waals surface area contributed by atoms with E-state index in [0.29, 0.717) is 12.1 Å². The minimum atomic E-state index is -1.23. The highest BCUT2D eigenvalue weighted by molar-refractivity contribution is 5.97. The number of nitrogens with zero attached hydrogens (tertiary/aromatic N) is 6. The number of hydrogen-bond donors (Lipinski definition) is 1. The van der Waals surface area contributed by atoms with Crippen molar-refractivity contribution >= 4 is 5.91 Å². The Morgan fingerprint density at radius 2 is 1.90 bits per heavy atom. The number of amides is 1. The summed E-state index contributed by atoms with van der Waals surface area (Å²) in [6.45, 7) is 5.78. The molecule has 1 unspecified atom stereocenters. The molecule has 3 fully saturated rings. The highest BCUT2D eigenvalue weighted by atomic mass is 19.1. The van der Waals surface area contributed by atoms with Gasteiger partial charge in [-0.05, 0) is 64.0 Å². The number of piperazine rings is 1. The fourth-order valence-corrected chi connectivity index (χ4v) is 6.25. The van der Waals surface area contributed by atoms with Crippen molar-refractivity contribution in [3.8, 4) is 11.4 Å². The summed E-state index contributed by atoms with van der Waals surface area (Å²) < 4.78 is 43.8. The highest BCUT2D eigenvalue weighted by Gasteiger charge is 2.47. The number of carbonyl (C=O) groups excluding carboxylic acids is 1. The number of aromatic nitrogens is 4. The van der Waals surface area contributed by atoms with Crippen molar-refractivity contribution < 1.29 is 23.1 Å². The van der Waals surface area contributed by atoms with Crippen molar-refractivity contribution in [3.05, 3.63) is 70.8 Å². The van der Waals surface area contributed by atoms with Gasteiger partial charge in [0.2, 0.25) is 0 Å². The topological polar surface area (TPSA) is 95.3 Å². The number of fused-ring (bicyclic) bond motifs is 2. The van der Waals surface area contributed by atoms with Gasteiger partial charge in [0.05, 0.1) is 23.1 Å². The van der Waals surface area contributed by atoms with Crippen LogP contribution in [0.3, 0.4) is 0 Å². The van der Waals surface area contributed by atoms with Gasteiger partial charge in [-0.15, -0.1) is 0 Å². The van der Waals surface area contributed by atoms with E-state index in [1.165, 1.54) is 18.5 Å². The molecule has 210 valence electrons. The molecule has 0 aromatic carbocycles. The Morgan fingerprint density at radius 3 is 2.62 bits per heavy atom. The molecule has 4 atom stereocenters. The van der Waals surface area contributed by atoms with E-state index in [1.807, 2.05) is 6.92 Å². The molecule has 11 heteroatoms. The number of rotatable bonds is 6. The van der Waals surface area contributed by atoms with Crippen LogP contribution in [0.15, 0.2) is 30.7 Å². The zero-order chi connectivity index (χ0) is 28.3. The number of carbonyl (C=O) groups is 1. The van der Waals surface area contributed by atoms with E-state index < -0.39 is 29.0 Å². The van der Waals surface area contributed by atoms with E-state index in [0.717, 1.165) is 37.9 Å². The molecule has 6 rings (SSSR count). The number of hydrogen-bond acceptors (Lipinski definition) is 7. The number of pyridine rings is 2. The summed E-state index contributed by atoms with van der Waals surface area (Å²) in [7, 11) is 0. The van der Waals surface area contributed by atoms with E-state index in [4.69, 9.17) is 0 Å². The Morgan fingerprint density at radius 1 is 1.12 bits per heavy atom. The molecular formula is C29H31F3N6O2. The van der Waals surface area contributed by atoms with Gasteiger partial charge in [-0.1, -0.05) is 0 Å². The second-order valence-corrected chi connectivity index (χ2v) is 11.4. The molecule has 2 aliphatic heterocycles. The molecule has 2 bridgehead atoms. The lowest BCUT2D eigenvalue weighted by molar-refractivity contribution is 0.0158. The maximum Gasteiger partial charge on any atom is 0.257 e. The van der Waals surface area contributed by atoms with Crippen molar-refractivity contribution in [2.75, 3.05) is 6.54 Å². The second kappa shape index (κ2) is 9.88. The predicted octanol–water partition coefficient (Wildman–Crippen LogP) is 4.15. The highest BCUT2D eigenvalue weighted by Crippen LogP contribution is 2.44. The van der Waals surface area contributed by atoms with Gasteiger partial charge in [-0.2, -0.15) is 0 Å². The van der Waals surface area contributed by atoms with Gasteiger partial charge >= 0.3 is 0 Å². The summed E-state index contributed by atoms with van der Waals surface area (Å²) in [5, 5.41) is 10.9. The SMILES string of the molecule is Cc1cnc(-c2ccnc(C(C)(O)C3CC3)n2)c(F)c1C(=O)N1C[C@H]2CC[C@@H]([C@@H]1C)N2Cc1ncc(F)cc1F. The van der Waals surface area contributed by atoms with Crippen molar-refractivity contribution in [3.63, 3.8) is 0 Å². The normalized spacial score (nSPS) is 24.3. The van der Waals surface area contributed by atoms with Crippen LogP contribution < -0.4 is 0 Å². The first-order valence-corrected chi connectivity index (χ1v) is 13.6. The van der Waals surface area contributed by atoms with Crippen molar-refractivity contribution in [1.82, 2.24) is 29.7 Å². The molecular weight excluding hydrogens is 521 g/mol. The summed E-state index contributed by atoms with van der Waals surface area (Å²) in [6, 6.07) is 1.94. The third kappa shape index (κ3) is 4.54. The van der Waals surface area contributed by atoms with Crippen LogP contribution in [-0.4, -0.2) is 65.4 Å². The molecule has 5 heterocycles. The van der Waals surface area contributed by atoms with Crippen LogP contribution in [0.1, 0.15) is 67.0 Å². The molecule has 1 aliphatic carbocycles. The summed E-state index contributed by atoms with van der Waals surface area (Å²) >= 11 is 0. The first-order valence-electron chi connectivity index (χ1n) is 13.6. The Labute approximate surface area is 230 Å². The van der Waals surface area contributed by atoms with Gasteiger partial charge in [-0.25, -0.2) is 23.1 Å². The molecule has 1 saturated carbocycles. The number of aliphatic hydroxyl groups is 1. The maximum absolute atomic E-state index is 16.1. The molecule has 40 heavy (non-hydrogen) atoms. The van der Waals surface area contributed by atoms with E-state index >= 15 is 4.39 Å². The zero-order valence-electron chi connectivity index (χ0n) is 22.6. The lowest BCUT2D eigenvalue weighted by atomic mass is 9.99. The van der Waals surface area contributed by atoms with E-state index in [-0.39, 0.29) is 59.1 Å². The lowest BCUT2D eigenvalue weighted by Gasteiger charge is -2.45. The van der Waals surface area contributed by atoms with Gasteiger partial charge in [0.25, 0.3) is 5.91 Å². The van der Waals surface area contributed by atoms with Gasteiger partial charge in [-0.3, -0.25) is 19.7 Å². The van der Waals surface area contributed by atoms with E-state index in [9.17, 15) is 18.7 Å². The van der Waals surface area contributed by atoms with Crippen LogP contribution in [0.5, 0.6) is 0 Å². The Balaban J connectivity index is 1.27. The van der Waals surface area contributed by atoms with Gasteiger partial charge in [0, 0.05) is 49.7 Å². The molecule has 1 N–H and O–H groups in total. The Hall–Kier alpha value is -3.44. The predicted molar refractivity (Wildman–Crippen MR) is 139 cm³/mol. The minimum Gasteiger partial charge on any atom is -0.382 e. The largest absolute Gasteiger partial charge is 0.382 e. The third-order valence-electron chi connectivity index (χ3n) is 8.77. The van der Waals surface area contributed by atoms with Gasteiger partial charge in [0.15, 0.2) is 11.6 Å². The molecule has 3 aromatic heterocycles. The Kier molecular flexibility index (Phi) is 6.61. The minimum absolute atomic E-state index is 0.0570. The maximum atomic E-state index is 16.1. The van der Waals surface area contributed by atoms with E-state index in [1.54, 1.807) is 18.7 Å². The summed E-state index contributed by atoms with van der Waals surface area (Å²) in [4.78, 5) is 34.5. The fourth-order valence-electron chi connectivity index (χ4n) is 6.25. The van der Waals surface area contributed by atoms with E-state index in [2.05, 4.69) is 24.8 Å². The second-order valence-electron chi connectivity index (χ2n) is 11.4. The molecule has 0 spiro atoms. The monoisotopic (exact) mass is 552 g/mol. The quantitative estimate of drug-likeness (QED) is 0.491. The van der Waals surface area contributed by atoms with Crippen LogP contribution in [-0.2, 0) is 12.1 Å². The van der Waals surface area contributed by atoms with Crippen LogP contribution in [0.4, 0.5) is 13.2 Å². The van der Waals surface area contributed by atoms with Crippen molar-refractivity contribution in [1.29, 1.82) is 0 Å². The number of likely N-dealkylation sites (tertiary alicyclic amines) is 1. The molecule has 3 aromatic rings. The smallest absolute Gasteiger partial charge is 0.257 e.